The third-order valence-corrected chi connectivity index (χ3v) is 4.79. The lowest BCUT2D eigenvalue weighted by Crippen LogP contribution is -2.41. The van der Waals surface area contributed by atoms with Crippen molar-refractivity contribution in [2.45, 2.75) is 45.7 Å². The topological polar surface area (TPSA) is 12.0 Å². The lowest BCUT2D eigenvalue weighted by atomic mass is 9.88. The van der Waals surface area contributed by atoms with Crippen LogP contribution < -0.4 is 5.32 Å². The maximum atomic E-state index is 3.78. The third kappa shape index (κ3) is 2.63. The molecule has 13 heavy (non-hydrogen) atoms. The highest BCUT2D eigenvalue weighted by Crippen LogP contribution is 2.36. The number of hydrogen-bond donors (Lipinski definition) is 1. The molecule has 0 spiro atoms. The van der Waals surface area contributed by atoms with Crippen LogP contribution in [0.1, 0.15) is 33.6 Å². The summed E-state index contributed by atoms with van der Waals surface area (Å²) in [6.45, 7) is 7.13. The van der Waals surface area contributed by atoms with Crippen LogP contribution >= 0.6 is 11.8 Å². The first-order chi connectivity index (χ1) is 6.07. The predicted octanol–water partition coefficient (Wildman–Crippen LogP) is 2.52. The van der Waals surface area contributed by atoms with Gasteiger partial charge < -0.3 is 5.32 Å². The van der Waals surface area contributed by atoms with Crippen molar-refractivity contribution in [3.63, 3.8) is 0 Å². The zero-order valence-corrected chi connectivity index (χ0v) is 9.79. The number of hydrogen-bond acceptors (Lipinski definition) is 2. The van der Waals surface area contributed by atoms with Gasteiger partial charge in [-0.2, -0.15) is 11.8 Å². The van der Waals surface area contributed by atoms with E-state index in [2.05, 4.69) is 37.8 Å². The molecule has 0 bridgehead atoms. The minimum Gasteiger partial charge on any atom is -0.310 e. The van der Waals surface area contributed by atoms with Gasteiger partial charge in [0, 0.05) is 17.8 Å². The Hall–Kier alpha value is 0.310. The SMILES string of the molecule is CC1CC1NC1CSCC(C)(C)C1. The Kier molecular flexibility index (Phi) is 2.63. The molecule has 1 N–H and O–H groups in total. The summed E-state index contributed by atoms with van der Waals surface area (Å²) in [7, 11) is 0. The lowest BCUT2D eigenvalue weighted by Gasteiger charge is -2.35. The molecule has 1 heterocycles. The number of rotatable bonds is 2. The highest BCUT2D eigenvalue weighted by molar-refractivity contribution is 7.99. The average Bonchev–Trinajstić information content (AvgIpc) is 2.64. The minimum absolute atomic E-state index is 0.554. The molecule has 0 aromatic heterocycles. The van der Waals surface area contributed by atoms with Crippen molar-refractivity contribution in [3.8, 4) is 0 Å². The fourth-order valence-corrected chi connectivity index (χ4v) is 3.51. The van der Waals surface area contributed by atoms with Crippen LogP contribution in [0.2, 0.25) is 0 Å². The summed E-state index contributed by atoms with van der Waals surface area (Å²) < 4.78 is 0. The fourth-order valence-electron chi connectivity index (χ4n) is 2.23. The smallest absolute Gasteiger partial charge is 0.0166 e. The van der Waals surface area contributed by atoms with E-state index >= 15 is 0 Å². The molecular weight excluding hydrogens is 178 g/mol. The van der Waals surface area contributed by atoms with Gasteiger partial charge in [0.1, 0.15) is 0 Å². The normalized spacial score (nSPS) is 43.2. The Morgan fingerprint density at radius 3 is 2.62 bits per heavy atom. The van der Waals surface area contributed by atoms with Gasteiger partial charge in [-0.05, 0) is 29.9 Å². The Balaban J connectivity index is 1.79. The lowest BCUT2D eigenvalue weighted by molar-refractivity contribution is 0.315. The molecule has 76 valence electrons. The van der Waals surface area contributed by atoms with Gasteiger partial charge in [0.15, 0.2) is 0 Å². The molecule has 2 fully saturated rings. The summed E-state index contributed by atoms with van der Waals surface area (Å²) in [5.74, 6) is 3.60. The highest BCUT2D eigenvalue weighted by Gasteiger charge is 2.36. The molecule has 1 saturated carbocycles. The Labute approximate surface area is 86.0 Å². The first kappa shape index (κ1) is 9.85. The second-order valence-electron chi connectivity index (χ2n) is 5.57. The summed E-state index contributed by atoms with van der Waals surface area (Å²) >= 11 is 2.12. The van der Waals surface area contributed by atoms with Crippen LogP contribution in [0.3, 0.4) is 0 Å². The zero-order valence-electron chi connectivity index (χ0n) is 8.97. The minimum atomic E-state index is 0.554. The molecule has 1 aliphatic heterocycles. The molecule has 0 amide bonds. The van der Waals surface area contributed by atoms with E-state index in [1.807, 2.05) is 0 Å². The number of thioether (sulfide) groups is 1. The molecule has 1 nitrogen and oxygen atoms in total. The first-order valence-corrected chi connectivity index (χ1v) is 6.56. The van der Waals surface area contributed by atoms with Crippen molar-refractivity contribution in [1.29, 1.82) is 0 Å². The van der Waals surface area contributed by atoms with Crippen molar-refractivity contribution < 1.29 is 0 Å². The Morgan fingerprint density at radius 2 is 2.08 bits per heavy atom. The molecular formula is C11H21NS. The first-order valence-electron chi connectivity index (χ1n) is 5.41. The Bertz CT molecular complexity index is 191. The van der Waals surface area contributed by atoms with Gasteiger partial charge >= 0.3 is 0 Å². The standard InChI is InChI=1S/C11H21NS/c1-8-4-10(8)12-9-5-11(2,3)7-13-6-9/h8-10,12H,4-7H2,1-3H3. The second kappa shape index (κ2) is 3.47. The van der Waals surface area contributed by atoms with Gasteiger partial charge in [-0.15, -0.1) is 0 Å². The van der Waals surface area contributed by atoms with Crippen LogP contribution in [0, 0.1) is 11.3 Å². The molecule has 2 aliphatic rings. The van der Waals surface area contributed by atoms with Crippen molar-refractivity contribution >= 4 is 11.8 Å². The molecule has 1 aliphatic carbocycles. The predicted molar refractivity (Wildman–Crippen MR) is 60.2 cm³/mol. The quantitative estimate of drug-likeness (QED) is 0.733. The van der Waals surface area contributed by atoms with E-state index in [0.717, 1.165) is 18.0 Å². The van der Waals surface area contributed by atoms with E-state index in [-0.39, 0.29) is 0 Å². The largest absolute Gasteiger partial charge is 0.310 e. The summed E-state index contributed by atoms with van der Waals surface area (Å²) in [5, 5.41) is 3.78. The van der Waals surface area contributed by atoms with E-state index in [0.29, 0.717) is 5.41 Å². The summed E-state index contributed by atoms with van der Waals surface area (Å²) in [4.78, 5) is 0. The van der Waals surface area contributed by atoms with Gasteiger partial charge in [-0.1, -0.05) is 20.8 Å². The van der Waals surface area contributed by atoms with Crippen LogP contribution in [0.5, 0.6) is 0 Å². The molecule has 1 saturated heterocycles. The number of nitrogens with one attached hydrogen (secondary N) is 1. The van der Waals surface area contributed by atoms with Gasteiger partial charge in [0.25, 0.3) is 0 Å². The van der Waals surface area contributed by atoms with Crippen LogP contribution in [0.4, 0.5) is 0 Å². The van der Waals surface area contributed by atoms with Gasteiger partial charge in [-0.25, -0.2) is 0 Å². The van der Waals surface area contributed by atoms with Gasteiger partial charge in [0.2, 0.25) is 0 Å². The highest BCUT2D eigenvalue weighted by atomic mass is 32.2. The van der Waals surface area contributed by atoms with E-state index < -0.39 is 0 Å². The summed E-state index contributed by atoms with van der Waals surface area (Å²) in [6.07, 6.45) is 2.77. The van der Waals surface area contributed by atoms with Gasteiger partial charge in [0.05, 0.1) is 0 Å². The van der Waals surface area contributed by atoms with Crippen molar-refractivity contribution in [2.75, 3.05) is 11.5 Å². The van der Waals surface area contributed by atoms with E-state index in [1.165, 1.54) is 24.3 Å². The second-order valence-corrected chi connectivity index (χ2v) is 6.60. The maximum absolute atomic E-state index is 3.78. The van der Waals surface area contributed by atoms with E-state index in [1.54, 1.807) is 0 Å². The average molecular weight is 199 g/mol. The van der Waals surface area contributed by atoms with E-state index in [4.69, 9.17) is 0 Å². The monoisotopic (exact) mass is 199 g/mol. The van der Waals surface area contributed by atoms with Crippen LogP contribution in [-0.4, -0.2) is 23.6 Å². The van der Waals surface area contributed by atoms with Crippen LogP contribution in [0.15, 0.2) is 0 Å². The third-order valence-electron chi connectivity index (χ3n) is 3.17. The summed E-state index contributed by atoms with van der Waals surface area (Å²) in [6, 6.07) is 1.63. The maximum Gasteiger partial charge on any atom is 0.0166 e. The molecule has 2 rings (SSSR count). The van der Waals surface area contributed by atoms with Gasteiger partial charge in [-0.3, -0.25) is 0 Å². The van der Waals surface area contributed by atoms with E-state index in [9.17, 15) is 0 Å². The van der Waals surface area contributed by atoms with Crippen molar-refractivity contribution in [2.24, 2.45) is 11.3 Å². The fraction of sp³-hybridized carbons (Fsp3) is 1.00. The molecule has 2 heteroatoms. The molecule has 0 aromatic rings. The van der Waals surface area contributed by atoms with Crippen LogP contribution in [0.25, 0.3) is 0 Å². The Morgan fingerprint density at radius 1 is 1.38 bits per heavy atom. The molecule has 0 radical (unpaired) electrons. The molecule has 0 aromatic carbocycles. The zero-order chi connectivity index (χ0) is 9.47. The van der Waals surface area contributed by atoms with Crippen molar-refractivity contribution in [3.05, 3.63) is 0 Å². The van der Waals surface area contributed by atoms with Crippen molar-refractivity contribution in [1.82, 2.24) is 5.32 Å². The molecule has 3 unspecified atom stereocenters. The molecule has 3 atom stereocenters. The van der Waals surface area contributed by atoms with Crippen LogP contribution in [-0.2, 0) is 0 Å². The summed E-state index contributed by atoms with van der Waals surface area (Å²) in [5.41, 5.74) is 0.554.